The van der Waals surface area contributed by atoms with Crippen molar-refractivity contribution in [3.8, 4) is 6.07 Å². The lowest BCUT2D eigenvalue weighted by molar-refractivity contribution is -0.144. The molecule has 1 spiro atoms. The van der Waals surface area contributed by atoms with E-state index in [1.807, 2.05) is 6.07 Å². The van der Waals surface area contributed by atoms with Crippen molar-refractivity contribution in [1.29, 1.82) is 5.26 Å². The fourth-order valence-corrected chi connectivity index (χ4v) is 3.81. The summed E-state index contributed by atoms with van der Waals surface area (Å²) in [6.07, 6.45) is 2.84. The average molecular weight is 326 g/mol. The molecule has 1 saturated heterocycles. The molecule has 1 unspecified atom stereocenters. The lowest BCUT2D eigenvalue weighted by Gasteiger charge is -2.33. The molecule has 1 heterocycles. The Bertz CT molecular complexity index is 682. The van der Waals surface area contributed by atoms with Crippen LogP contribution in [0.5, 0.6) is 0 Å². The number of β-amino-alcohol motifs (C(OH)–C–C–N with tert-alkyl or cyclic N) is 1. The number of rotatable bonds is 3. The van der Waals surface area contributed by atoms with Crippen molar-refractivity contribution in [3.05, 3.63) is 35.4 Å². The molecule has 1 aliphatic heterocycles. The maximum absolute atomic E-state index is 12.8. The highest BCUT2D eigenvalue weighted by Gasteiger charge is 2.52. The van der Waals surface area contributed by atoms with E-state index >= 15 is 0 Å². The largest absolute Gasteiger partial charge is 0.387 e. The minimum atomic E-state index is -0.927. The Hall–Kier alpha value is -2.19. The number of nitriles is 1. The van der Waals surface area contributed by atoms with Gasteiger partial charge in [0.15, 0.2) is 0 Å². The normalized spacial score (nSPS) is 28.2. The van der Waals surface area contributed by atoms with E-state index in [2.05, 4.69) is 6.92 Å². The molecule has 2 amide bonds. The highest BCUT2D eigenvalue weighted by atomic mass is 16.3. The minimum absolute atomic E-state index is 0.0130. The standard InChI is InChI=1S/C19H22N2O3/c1-13-6-8-19(9-7-13)10-17(23)21(18(19)24)12-16(22)15-4-2-14(11-20)3-5-15/h2-5,13,16,22H,6-10,12H2,1H3. The van der Waals surface area contributed by atoms with Gasteiger partial charge in [0, 0.05) is 6.42 Å². The summed E-state index contributed by atoms with van der Waals surface area (Å²) in [5.74, 6) is 0.311. The number of carbonyl (C=O) groups is 2. The first-order chi connectivity index (χ1) is 11.4. The van der Waals surface area contributed by atoms with Gasteiger partial charge in [-0.2, -0.15) is 5.26 Å². The summed E-state index contributed by atoms with van der Waals surface area (Å²) in [6.45, 7) is 2.17. The summed E-state index contributed by atoms with van der Waals surface area (Å²) in [6, 6.07) is 8.58. The van der Waals surface area contributed by atoms with Crippen LogP contribution in [0.25, 0.3) is 0 Å². The van der Waals surface area contributed by atoms with Gasteiger partial charge in [-0.25, -0.2) is 0 Å². The van der Waals surface area contributed by atoms with Gasteiger partial charge in [-0.15, -0.1) is 0 Å². The third-order valence-electron chi connectivity index (χ3n) is 5.50. The number of aliphatic hydroxyl groups is 1. The number of likely N-dealkylation sites (tertiary alicyclic amines) is 1. The van der Waals surface area contributed by atoms with E-state index < -0.39 is 11.5 Å². The van der Waals surface area contributed by atoms with Crippen LogP contribution >= 0.6 is 0 Å². The zero-order chi connectivity index (χ0) is 17.3. The molecule has 24 heavy (non-hydrogen) atoms. The third-order valence-corrected chi connectivity index (χ3v) is 5.50. The van der Waals surface area contributed by atoms with Crippen molar-refractivity contribution in [3.63, 3.8) is 0 Å². The first kappa shape index (κ1) is 16.7. The number of aliphatic hydroxyl groups excluding tert-OH is 1. The Morgan fingerprint density at radius 3 is 2.50 bits per heavy atom. The van der Waals surface area contributed by atoms with E-state index in [9.17, 15) is 14.7 Å². The van der Waals surface area contributed by atoms with Gasteiger partial charge in [-0.05, 0) is 49.3 Å². The minimum Gasteiger partial charge on any atom is -0.387 e. The van der Waals surface area contributed by atoms with Gasteiger partial charge in [-0.1, -0.05) is 19.1 Å². The van der Waals surface area contributed by atoms with Crippen molar-refractivity contribution in [2.75, 3.05) is 6.54 Å². The van der Waals surface area contributed by atoms with E-state index in [1.54, 1.807) is 24.3 Å². The molecular formula is C19H22N2O3. The highest BCUT2D eigenvalue weighted by Crippen LogP contribution is 2.47. The van der Waals surface area contributed by atoms with E-state index in [1.165, 1.54) is 4.90 Å². The first-order valence-electron chi connectivity index (χ1n) is 8.48. The number of benzene rings is 1. The molecule has 126 valence electrons. The Morgan fingerprint density at radius 1 is 1.29 bits per heavy atom. The molecule has 1 aromatic carbocycles. The monoisotopic (exact) mass is 326 g/mol. The number of carbonyl (C=O) groups excluding carboxylic acids is 2. The maximum Gasteiger partial charge on any atom is 0.236 e. The van der Waals surface area contributed by atoms with Crippen LogP contribution in [0.3, 0.4) is 0 Å². The highest BCUT2D eigenvalue weighted by molar-refractivity contribution is 6.06. The molecule has 1 aromatic rings. The van der Waals surface area contributed by atoms with E-state index in [4.69, 9.17) is 5.26 Å². The lowest BCUT2D eigenvalue weighted by atomic mass is 9.70. The topological polar surface area (TPSA) is 81.4 Å². The average Bonchev–Trinajstić information content (AvgIpc) is 2.82. The van der Waals surface area contributed by atoms with Crippen molar-refractivity contribution in [1.82, 2.24) is 4.90 Å². The fraction of sp³-hybridized carbons (Fsp3) is 0.526. The second-order valence-corrected chi connectivity index (χ2v) is 7.20. The number of amides is 2. The molecule has 1 atom stereocenters. The van der Waals surface area contributed by atoms with Crippen LogP contribution < -0.4 is 0 Å². The predicted octanol–water partition coefficient (Wildman–Crippen LogP) is 2.55. The predicted molar refractivity (Wildman–Crippen MR) is 87.5 cm³/mol. The molecule has 5 nitrogen and oxygen atoms in total. The second kappa shape index (κ2) is 6.37. The molecule has 1 aliphatic carbocycles. The van der Waals surface area contributed by atoms with Crippen LogP contribution in [-0.4, -0.2) is 28.4 Å². The number of imide groups is 1. The number of hydrogen-bond acceptors (Lipinski definition) is 4. The van der Waals surface area contributed by atoms with E-state index in [0.717, 1.165) is 25.7 Å². The second-order valence-electron chi connectivity index (χ2n) is 7.20. The molecule has 5 heteroatoms. The van der Waals surface area contributed by atoms with Crippen molar-refractivity contribution in [2.45, 2.75) is 45.1 Å². The molecule has 1 N–H and O–H groups in total. The SMILES string of the molecule is CC1CCC2(CC1)CC(=O)N(CC(O)c1ccc(C#N)cc1)C2=O. The van der Waals surface area contributed by atoms with Gasteiger partial charge in [0.05, 0.1) is 29.7 Å². The molecular weight excluding hydrogens is 304 g/mol. The Kier molecular flexibility index (Phi) is 4.42. The summed E-state index contributed by atoms with van der Waals surface area (Å²) in [5, 5.41) is 19.2. The van der Waals surface area contributed by atoms with E-state index in [0.29, 0.717) is 17.0 Å². The molecule has 0 bridgehead atoms. The Morgan fingerprint density at radius 2 is 1.92 bits per heavy atom. The van der Waals surface area contributed by atoms with Gasteiger partial charge in [0.25, 0.3) is 0 Å². The first-order valence-corrected chi connectivity index (χ1v) is 8.48. The van der Waals surface area contributed by atoms with Crippen molar-refractivity contribution in [2.24, 2.45) is 11.3 Å². The zero-order valence-electron chi connectivity index (χ0n) is 13.9. The van der Waals surface area contributed by atoms with Crippen molar-refractivity contribution >= 4 is 11.8 Å². The van der Waals surface area contributed by atoms with Crippen LogP contribution in [0, 0.1) is 22.7 Å². The van der Waals surface area contributed by atoms with Crippen LogP contribution in [0.15, 0.2) is 24.3 Å². The van der Waals surface area contributed by atoms with Gasteiger partial charge in [0.1, 0.15) is 0 Å². The fourth-order valence-electron chi connectivity index (χ4n) is 3.81. The van der Waals surface area contributed by atoms with Gasteiger partial charge in [0.2, 0.25) is 11.8 Å². The van der Waals surface area contributed by atoms with Crippen LogP contribution in [0.1, 0.15) is 56.3 Å². The smallest absolute Gasteiger partial charge is 0.236 e. The van der Waals surface area contributed by atoms with Gasteiger partial charge in [-0.3, -0.25) is 14.5 Å². The number of nitrogens with zero attached hydrogens (tertiary/aromatic N) is 2. The summed E-state index contributed by atoms with van der Waals surface area (Å²) in [7, 11) is 0. The Balaban J connectivity index is 1.71. The van der Waals surface area contributed by atoms with Crippen LogP contribution in [0.2, 0.25) is 0 Å². The van der Waals surface area contributed by atoms with Crippen LogP contribution in [0.4, 0.5) is 0 Å². The summed E-state index contributed by atoms with van der Waals surface area (Å²) < 4.78 is 0. The zero-order valence-corrected chi connectivity index (χ0v) is 13.9. The Labute approximate surface area is 141 Å². The molecule has 1 saturated carbocycles. The van der Waals surface area contributed by atoms with E-state index in [-0.39, 0.29) is 24.8 Å². The molecule has 2 fully saturated rings. The quantitative estimate of drug-likeness (QED) is 0.866. The third kappa shape index (κ3) is 2.94. The van der Waals surface area contributed by atoms with Gasteiger partial charge >= 0.3 is 0 Å². The molecule has 2 aliphatic rings. The van der Waals surface area contributed by atoms with Crippen LogP contribution in [-0.2, 0) is 9.59 Å². The summed E-state index contributed by atoms with van der Waals surface area (Å²) in [4.78, 5) is 26.4. The lowest BCUT2D eigenvalue weighted by Crippen LogP contribution is -2.39. The number of hydrogen-bond donors (Lipinski definition) is 1. The summed E-state index contributed by atoms with van der Waals surface area (Å²) >= 11 is 0. The molecule has 0 aromatic heterocycles. The molecule has 3 rings (SSSR count). The van der Waals surface area contributed by atoms with Gasteiger partial charge < -0.3 is 5.11 Å². The maximum atomic E-state index is 12.8. The summed E-state index contributed by atoms with van der Waals surface area (Å²) in [5.41, 5.74) is 0.580. The molecule has 0 radical (unpaired) electrons. The van der Waals surface area contributed by atoms with Crippen molar-refractivity contribution < 1.29 is 14.7 Å².